The average Bonchev–Trinajstić information content (AvgIpc) is 2.75. The summed E-state index contributed by atoms with van der Waals surface area (Å²) in [6.45, 7) is 11.7. The molecule has 0 aromatic carbocycles. The summed E-state index contributed by atoms with van der Waals surface area (Å²) in [4.78, 5) is 72.6. The normalized spacial score (nSPS) is 14.4. The van der Waals surface area contributed by atoms with E-state index in [9.17, 15) is 43.2 Å². The van der Waals surface area contributed by atoms with E-state index in [1.54, 1.807) is 0 Å². The number of ether oxygens (including phenoxy) is 4. The monoisotopic (exact) mass is 1370 g/mol. The van der Waals surface area contributed by atoms with Gasteiger partial charge in [0.1, 0.15) is 19.3 Å². The lowest BCUT2D eigenvalue weighted by molar-refractivity contribution is -0.161. The third-order valence-corrected chi connectivity index (χ3v) is 19.4. The van der Waals surface area contributed by atoms with E-state index in [1.807, 2.05) is 0 Å². The number of aliphatic hydroxyl groups is 1. The lowest BCUT2D eigenvalue weighted by atomic mass is 10.00. The summed E-state index contributed by atoms with van der Waals surface area (Å²) >= 11 is 0. The minimum absolute atomic E-state index is 0.102. The lowest BCUT2D eigenvalue weighted by Crippen LogP contribution is -2.30. The van der Waals surface area contributed by atoms with Gasteiger partial charge < -0.3 is 33.8 Å². The number of phosphoric acid groups is 2. The van der Waals surface area contributed by atoms with Crippen LogP contribution in [0.25, 0.3) is 0 Å². The smallest absolute Gasteiger partial charge is 0.462 e. The SMILES string of the molecule is CCCCCCCCCCCCCCCCCCCCCCCCC(=O)O[C@H](COC(=O)CCCCCCCCCCCC(C)C)COP(=O)(O)OC[C@@H](O)COP(=O)(O)OC[C@@H](COC(=O)CCCCCCCCC(C)C)OC(=O)CCCCCCCCC(C)CC. The van der Waals surface area contributed by atoms with E-state index in [4.69, 9.17) is 37.0 Å². The summed E-state index contributed by atoms with van der Waals surface area (Å²) in [6.07, 6.45) is 50.5. The molecule has 19 heteroatoms. The number of carbonyl (C=O) groups is 4. The summed E-state index contributed by atoms with van der Waals surface area (Å²) in [5.41, 5.74) is 0. The molecule has 0 saturated carbocycles. The molecule has 3 N–H and O–H groups in total. The van der Waals surface area contributed by atoms with Gasteiger partial charge in [0.2, 0.25) is 0 Å². The second-order valence-electron chi connectivity index (χ2n) is 27.9. The highest BCUT2D eigenvalue weighted by Gasteiger charge is 2.30. The molecule has 17 nitrogen and oxygen atoms in total. The van der Waals surface area contributed by atoms with E-state index >= 15 is 0 Å². The van der Waals surface area contributed by atoms with Gasteiger partial charge in [-0.2, -0.15) is 0 Å². The fourth-order valence-corrected chi connectivity index (χ4v) is 12.8. The molecule has 6 atom stereocenters. The van der Waals surface area contributed by atoms with Gasteiger partial charge in [0, 0.05) is 25.7 Å². The van der Waals surface area contributed by atoms with Crippen LogP contribution in [0.4, 0.5) is 0 Å². The van der Waals surface area contributed by atoms with Crippen LogP contribution in [0.3, 0.4) is 0 Å². The first-order valence-corrected chi connectivity index (χ1v) is 41.4. The highest BCUT2D eigenvalue weighted by molar-refractivity contribution is 7.47. The lowest BCUT2D eigenvalue weighted by Gasteiger charge is -2.21. The van der Waals surface area contributed by atoms with E-state index in [1.165, 1.54) is 180 Å². The van der Waals surface area contributed by atoms with E-state index in [0.717, 1.165) is 108 Å². The summed E-state index contributed by atoms with van der Waals surface area (Å²) in [6, 6.07) is 0. The molecule has 0 fully saturated rings. The highest BCUT2D eigenvalue weighted by atomic mass is 31.2. The molecule has 0 aromatic heterocycles. The second kappa shape index (κ2) is 64.7. The van der Waals surface area contributed by atoms with Gasteiger partial charge in [0.15, 0.2) is 12.2 Å². The second-order valence-corrected chi connectivity index (χ2v) is 30.8. The summed E-state index contributed by atoms with van der Waals surface area (Å²) in [5, 5.41) is 10.6. The number of unbranched alkanes of at least 4 members (excludes halogenated alkanes) is 39. The predicted molar refractivity (Wildman–Crippen MR) is 377 cm³/mol. The van der Waals surface area contributed by atoms with Crippen LogP contribution < -0.4 is 0 Å². The zero-order chi connectivity index (χ0) is 68.7. The summed E-state index contributed by atoms with van der Waals surface area (Å²) in [5.74, 6) is 0.0143. The third-order valence-electron chi connectivity index (χ3n) is 17.5. The predicted octanol–water partition coefficient (Wildman–Crippen LogP) is 21.4. The molecule has 0 aliphatic rings. The van der Waals surface area contributed by atoms with Crippen LogP contribution in [0.15, 0.2) is 0 Å². The molecule has 0 aliphatic heterocycles. The van der Waals surface area contributed by atoms with E-state index in [2.05, 4.69) is 48.5 Å². The molecule has 0 aromatic rings. The maximum atomic E-state index is 13.1. The fourth-order valence-electron chi connectivity index (χ4n) is 11.2. The number of hydrogen-bond acceptors (Lipinski definition) is 15. The standard InChI is InChI=1S/C74H144O17P2/c1-8-10-11-12-13-14-15-16-17-18-19-20-21-22-23-24-25-26-29-33-43-50-57-73(78)90-69(61-84-71(76)55-48-41-32-30-27-28-31-38-45-52-65(3)4)63-88-92(80,81)86-59-68(75)60-87-93(82,83)89-64-70(62-85-72(77)56-49-42-36-34-39-46-53-66(5)6)91-74(79)58-51-44-37-35-40-47-54-67(7)9-2/h65-70,75H,8-64H2,1-7H3,(H,80,81)(H,82,83)/t67?,68-,69-,70-/m1/s1. The van der Waals surface area contributed by atoms with Crippen LogP contribution in [0.5, 0.6) is 0 Å². The zero-order valence-corrected chi connectivity index (χ0v) is 62.5. The van der Waals surface area contributed by atoms with Crippen LogP contribution in [-0.2, 0) is 65.4 Å². The van der Waals surface area contributed by atoms with Crippen molar-refractivity contribution in [3.05, 3.63) is 0 Å². The fraction of sp³-hybridized carbons (Fsp3) is 0.946. The quantitative estimate of drug-likeness (QED) is 0.0222. The molecule has 0 amide bonds. The maximum Gasteiger partial charge on any atom is 0.472 e. The number of aliphatic hydroxyl groups excluding tert-OH is 1. The van der Waals surface area contributed by atoms with Crippen molar-refractivity contribution in [1.82, 2.24) is 0 Å². The Kier molecular flexibility index (Phi) is 63.4. The van der Waals surface area contributed by atoms with Crippen LogP contribution in [0.1, 0.15) is 376 Å². The molecule has 0 bridgehead atoms. The number of esters is 4. The van der Waals surface area contributed by atoms with Crippen molar-refractivity contribution in [3.8, 4) is 0 Å². The molecular weight excluding hydrogens is 1220 g/mol. The van der Waals surface area contributed by atoms with Crippen LogP contribution in [0, 0.1) is 17.8 Å². The van der Waals surface area contributed by atoms with Gasteiger partial charge in [-0.05, 0) is 43.4 Å². The number of phosphoric ester groups is 2. The van der Waals surface area contributed by atoms with Crippen molar-refractivity contribution in [3.63, 3.8) is 0 Å². The summed E-state index contributed by atoms with van der Waals surface area (Å²) < 4.78 is 68.3. The maximum absolute atomic E-state index is 13.1. The van der Waals surface area contributed by atoms with Gasteiger partial charge in [-0.15, -0.1) is 0 Å². The Bertz CT molecular complexity index is 1820. The Morgan fingerprint density at radius 2 is 0.548 bits per heavy atom. The molecule has 0 heterocycles. The topological polar surface area (TPSA) is 237 Å². The Morgan fingerprint density at radius 3 is 0.817 bits per heavy atom. The molecular formula is C74H144O17P2. The minimum Gasteiger partial charge on any atom is -0.462 e. The van der Waals surface area contributed by atoms with E-state index < -0.39 is 97.5 Å². The van der Waals surface area contributed by atoms with Crippen molar-refractivity contribution >= 4 is 39.5 Å². The molecule has 0 spiro atoms. The zero-order valence-electron chi connectivity index (χ0n) is 60.7. The molecule has 552 valence electrons. The first-order chi connectivity index (χ1) is 44.8. The molecule has 3 unspecified atom stereocenters. The average molecular weight is 1370 g/mol. The molecule has 0 saturated heterocycles. The molecule has 0 rings (SSSR count). The van der Waals surface area contributed by atoms with E-state index in [-0.39, 0.29) is 25.7 Å². The Hall–Kier alpha value is -1.94. The Labute approximate surface area is 568 Å². The van der Waals surface area contributed by atoms with Gasteiger partial charge in [-0.3, -0.25) is 37.3 Å². The van der Waals surface area contributed by atoms with Crippen molar-refractivity contribution in [2.45, 2.75) is 394 Å². The van der Waals surface area contributed by atoms with Gasteiger partial charge in [-0.25, -0.2) is 9.13 Å². The Morgan fingerprint density at radius 1 is 0.312 bits per heavy atom. The van der Waals surface area contributed by atoms with Crippen molar-refractivity contribution in [2.75, 3.05) is 39.6 Å². The van der Waals surface area contributed by atoms with Crippen molar-refractivity contribution in [2.24, 2.45) is 17.8 Å². The van der Waals surface area contributed by atoms with Crippen LogP contribution in [0.2, 0.25) is 0 Å². The molecule has 93 heavy (non-hydrogen) atoms. The van der Waals surface area contributed by atoms with Crippen LogP contribution >= 0.6 is 15.6 Å². The number of rotatable bonds is 72. The van der Waals surface area contributed by atoms with Crippen molar-refractivity contribution < 1.29 is 80.2 Å². The van der Waals surface area contributed by atoms with Gasteiger partial charge in [0.25, 0.3) is 0 Å². The Balaban J connectivity index is 5.16. The molecule has 0 radical (unpaired) electrons. The highest BCUT2D eigenvalue weighted by Crippen LogP contribution is 2.45. The van der Waals surface area contributed by atoms with Crippen LogP contribution in [-0.4, -0.2) is 96.7 Å². The first kappa shape index (κ1) is 91.1. The summed E-state index contributed by atoms with van der Waals surface area (Å²) in [7, 11) is -9.90. The van der Waals surface area contributed by atoms with Gasteiger partial charge in [-0.1, -0.05) is 325 Å². The van der Waals surface area contributed by atoms with Gasteiger partial charge >= 0.3 is 39.5 Å². The minimum atomic E-state index is -4.96. The van der Waals surface area contributed by atoms with E-state index in [0.29, 0.717) is 31.6 Å². The van der Waals surface area contributed by atoms with Crippen molar-refractivity contribution in [1.29, 1.82) is 0 Å². The first-order valence-electron chi connectivity index (χ1n) is 38.4. The van der Waals surface area contributed by atoms with Gasteiger partial charge in [0.05, 0.1) is 26.4 Å². The largest absolute Gasteiger partial charge is 0.472 e. The third kappa shape index (κ3) is 67.0. The number of carbonyl (C=O) groups excluding carboxylic acids is 4. The number of hydrogen-bond donors (Lipinski definition) is 3. The molecule has 0 aliphatic carbocycles.